The van der Waals surface area contributed by atoms with Gasteiger partial charge >= 0.3 is 5.97 Å². The molecule has 0 saturated heterocycles. The van der Waals surface area contributed by atoms with Crippen LogP contribution in [0.3, 0.4) is 0 Å². The van der Waals surface area contributed by atoms with Crippen molar-refractivity contribution in [1.29, 1.82) is 0 Å². The molecule has 0 radical (unpaired) electrons. The van der Waals surface area contributed by atoms with E-state index in [0.717, 1.165) is 16.8 Å². The molecule has 1 aromatic heterocycles. The Bertz CT molecular complexity index is 544. The summed E-state index contributed by atoms with van der Waals surface area (Å²) < 4.78 is 1.72. The van der Waals surface area contributed by atoms with Crippen molar-refractivity contribution in [3.63, 3.8) is 0 Å². The molecule has 0 atom stereocenters. The van der Waals surface area contributed by atoms with Crippen LogP contribution >= 0.6 is 0 Å². The van der Waals surface area contributed by atoms with Crippen LogP contribution in [-0.4, -0.2) is 20.9 Å². The van der Waals surface area contributed by atoms with Crippen molar-refractivity contribution in [2.45, 2.75) is 13.3 Å². The number of aliphatic carboxylic acids is 1. The summed E-state index contributed by atoms with van der Waals surface area (Å²) in [6.07, 6.45) is -0.0497. The third kappa shape index (κ3) is 2.20. The van der Waals surface area contributed by atoms with E-state index in [4.69, 9.17) is 5.11 Å². The molecule has 17 heavy (non-hydrogen) atoms. The van der Waals surface area contributed by atoms with Crippen molar-refractivity contribution >= 4 is 5.97 Å². The lowest BCUT2D eigenvalue weighted by molar-refractivity contribution is -0.136. The topological polar surface area (TPSA) is 55.1 Å². The summed E-state index contributed by atoms with van der Waals surface area (Å²) in [7, 11) is 1.83. The molecule has 88 valence electrons. The number of carboxylic acid groups (broad SMARTS) is 1. The minimum Gasteiger partial charge on any atom is -0.481 e. The van der Waals surface area contributed by atoms with E-state index in [1.54, 1.807) is 4.68 Å². The van der Waals surface area contributed by atoms with Crippen LogP contribution in [0.1, 0.15) is 11.4 Å². The number of carboxylic acids is 1. The Morgan fingerprint density at radius 3 is 2.59 bits per heavy atom. The maximum absolute atomic E-state index is 10.8. The van der Waals surface area contributed by atoms with E-state index in [9.17, 15) is 4.79 Å². The number of carbonyl (C=O) groups is 1. The van der Waals surface area contributed by atoms with Crippen molar-refractivity contribution in [2.24, 2.45) is 7.05 Å². The zero-order chi connectivity index (χ0) is 12.4. The van der Waals surface area contributed by atoms with E-state index in [0.29, 0.717) is 5.69 Å². The molecular weight excluding hydrogens is 216 g/mol. The van der Waals surface area contributed by atoms with Gasteiger partial charge in [0.2, 0.25) is 0 Å². The second-order valence-corrected chi connectivity index (χ2v) is 3.97. The van der Waals surface area contributed by atoms with Gasteiger partial charge in [0.05, 0.1) is 12.1 Å². The van der Waals surface area contributed by atoms with E-state index in [1.165, 1.54) is 0 Å². The predicted octanol–water partition coefficient (Wildman–Crippen LogP) is 2.02. The molecule has 0 amide bonds. The summed E-state index contributed by atoms with van der Waals surface area (Å²) in [5, 5.41) is 13.2. The van der Waals surface area contributed by atoms with Gasteiger partial charge in [-0.1, -0.05) is 30.3 Å². The van der Waals surface area contributed by atoms with Gasteiger partial charge in [0, 0.05) is 18.3 Å². The summed E-state index contributed by atoms with van der Waals surface area (Å²) >= 11 is 0. The highest BCUT2D eigenvalue weighted by molar-refractivity contribution is 5.76. The van der Waals surface area contributed by atoms with Gasteiger partial charge in [-0.3, -0.25) is 9.48 Å². The van der Waals surface area contributed by atoms with E-state index in [-0.39, 0.29) is 6.42 Å². The van der Waals surface area contributed by atoms with Crippen LogP contribution in [0.4, 0.5) is 0 Å². The zero-order valence-corrected chi connectivity index (χ0v) is 9.84. The van der Waals surface area contributed by atoms with Gasteiger partial charge in [0.1, 0.15) is 0 Å². The van der Waals surface area contributed by atoms with Crippen molar-refractivity contribution in [3.05, 3.63) is 41.7 Å². The zero-order valence-electron chi connectivity index (χ0n) is 9.84. The highest BCUT2D eigenvalue weighted by atomic mass is 16.4. The SMILES string of the molecule is Cc1c(-c2ccccc2)c(CC(=O)O)nn1C. The average Bonchev–Trinajstić information content (AvgIpc) is 2.55. The van der Waals surface area contributed by atoms with Crippen LogP contribution in [0.25, 0.3) is 11.1 Å². The van der Waals surface area contributed by atoms with E-state index in [1.807, 2.05) is 44.3 Å². The summed E-state index contributed by atoms with van der Waals surface area (Å²) in [6, 6.07) is 9.75. The van der Waals surface area contributed by atoms with Gasteiger partial charge in [-0.05, 0) is 12.5 Å². The molecule has 2 rings (SSSR count). The van der Waals surface area contributed by atoms with E-state index in [2.05, 4.69) is 5.10 Å². The lowest BCUT2D eigenvalue weighted by Crippen LogP contribution is -2.02. The molecule has 0 aliphatic rings. The van der Waals surface area contributed by atoms with Gasteiger partial charge in [-0.15, -0.1) is 0 Å². The molecule has 0 unspecified atom stereocenters. The number of benzene rings is 1. The molecule has 0 bridgehead atoms. The average molecular weight is 230 g/mol. The normalized spacial score (nSPS) is 10.5. The molecule has 4 heteroatoms. The molecule has 1 heterocycles. The molecule has 4 nitrogen and oxygen atoms in total. The van der Waals surface area contributed by atoms with Crippen LogP contribution in [0, 0.1) is 6.92 Å². The van der Waals surface area contributed by atoms with E-state index < -0.39 is 5.97 Å². The van der Waals surface area contributed by atoms with Gasteiger partial charge in [-0.2, -0.15) is 5.10 Å². The standard InChI is InChI=1S/C13H14N2O2/c1-9-13(10-6-4-3-5-7-10)11(8-12(16)17)14-15(9)2/h3-7H,8H2,1-2H3,(H,16,17). The Morgan fingerprint density at radius 1 is 1.35 bits per heavy atom. The third-order valence-corrected chi connectivity index (χ3v) is 2.79. The Morgan fingerprint density at radius 2 is 2.00 bits per heavy atom. The summed E-state index contributed by atoms with van der Waals surface area (Å²) in [5.74, 6) is -0.861. The summed E-state index contributed by atoms with van der Waals surface area (Å²) in [6.45, 7) is 1.95. The number of hydrogen-bond acceptors (Lipinski definition) is 2. The molecule has 0 saturated carbocycles. The van der Waals surface area contributed by atoms with Crippen LogP contribution < -0.4 is 0 Å². The molecule has 0 spiro atoms. The fraction of sp³-hybridized carbons (Fsp3) is 0.231. The highest BCUT2D eigenvalue weighted by Crippen LogP contribution is 2.26. The maximum atomic E-state index is 10.8. The number of nitrogens with zero attached hydrogens (tertiary/aromatic N) is 2. The summed E-state index contributed by atoms with van der Waals surface area (Å²) in [5.41, 5.74) is 3.53. The van der Waals surface area contributed by atoms with Gasteiger partial charge in [0.25, 0.3) is 0 Å². The largest absolute Gasteiger partial charge is 0.481 e. The fourth-order valence-corrected chi connectivity index (χ4v) is 1.92. The second kappa shape index (κ2) is 4.41. The number of aryl methyl sites for hydroxylation is 1. The first kappa shape index (κ1) is 11.4. The molecular formula is C13H14N2O2. The van der Waals surface area contributed by atoms with Crippen molar-refractivity contribution in [2.75, 3.05) is 0 Å². The van der Waals surface area contributed by atoms with Crippen LogP contribution in [0.2, 0.25) is 0 Å². The first-order valence-electron chi connectivity index (χ1n) is 5.39. The molecule has 1 N–H and O–H groups in total. The number of aromatic nitrogens is 2. The first-order chi connectivity index (χ1) is 8.09. The fourth-order valence-electron chi connectivity index (χ4n) is 1.92. The van der Waals surface area contributed by atoms with Gasteiger partial charge in [0.15, 0.2) is 0 Å². The molecule has 2 aromatic rings. The van der Waals surface area contributed by atoms with Crippen molar-refractivity contribution in [1.82, 2.24) is 9.78 Å². The molecule has 0 aliphatic heterocycles. The quantitative estimate of drug-likeness (QED) is 0.877. The number of rotatable bonds is 3. The lowest BCUT2D eigenvalue weighted by atomic mass is 10.0. The number of hydrogen-bond donors (Lipinski definition) is 1. The lowest BCUT2D eigenvalue weighted by Gasteiger charge is -2.02. The Hall–Kier alpha value is -2.10. The van der Waals surface area contributed by atoms with E-state index >= 15 is 0 Å². The maximum Gasteiger partial charge on any atom is 0.309 e. The van der Waals surface area contributed by atoms with Crippen LogP contribution in [0.15, 0.2) is 30.3 Å². The third-order valence-electron chi connectivity index (χ3n) is 2.79. The first-order valence-corrected chi connectivity index (χ1v) is 5.39. The Kier molecular flexibility index (Phi) is 2.95. The minimum atomic E-state index is -0.861. The Balaban J connectivity index is 2.55. The van der Waals surface area contributed by atoms with Crippen molar-refractivity contribution in [3.8, 4) is 11.1 Å². The van der Waals surface area contributed by atoms with Crippen LogP contribution in [-0.2, 0) is 18.3 Å². The molecule has 0 fully saturated rings. The van der Waals surface area contributed by atoms with Crippen LogP contribution in [0.5, 0.6) is 0 Å². The van der Waals surface area contributed by atoms with Gasteiger partial charge in [-0.25, -0.2) is 0 Å². The Labute approximate surface area is 99.5 Å². The smallest absolute Gasteiger partial charge is 0.309 e. The monoisotopic (exact) mass is 230 g/mol. The highest BCUT2D eigenvalue weighted by Gasteiger charge is 2.16. The predicted molar refractivity (Wildman–Crippen MR) is 64.7 cm³/mol. The minimum absolute atomic E-state index is 0.0497. The molecule has 1 aromatic carbocycles. The molecule has 0 aliphatic carbocycles. The van der Waals surface area contributed by atoms with Crippen molar-refractivity contribution < 1.29 is 9.90 Å². The van der Waals surface area contributed by atoms with Gasteiger partial charge < -0.3 is 5.11 Å². The summed E-state index contributed by atoms with van der Waals surface area (Å²) in [4.78, 5) is 10.8. The second-order valence-electron chi connectivity index (χ2n) is 3.97.